The molecule has 0 amide bonds. The molecule has 0 N–H and O–H groups in total. The van der Waals surface area contributed by atoms with Gasteiger partial charge in [0.05, 0.1) is 0 Å². The summed E-state index contributed by atoms with van der Waals surface area (Å²) in [5.41, 5.74) is 5.32. The fourth-order valence-electron chi connectivity index (χ4n) is 2.95. The van der Waals surface area contributed by atoms with Gasteiger partial charge >= 0.3 is 0 Å². The van der Waals surface area contributed by atoms with E-state index in [1.165, 1.54) is 22.3 Å². The number of hydrogen-bond donors (Lipinski definition) is 0. The summed E-state index contributed by atoms with van der Waals surface area (Å²) in [6, 6.07) is 32.0. The van der Waals surface area contributed by atoms with Crippen LogP contribution in [0.2, 0.25) is 0 Å². The van der Waals surface area contributed by atoms with Gasteiger partial charge in [-0.15, -0.1) is 0 Å². The van der Waals surface area contributed by atoms with E-state index in [1.54, 1.807) is 0 Å². The first kappa shape index (κ1) is 17.2. The Morgan fingerprint density at radius 1 is 0.680 bits per heavy atom. The van der Waals surface area contributed by atoms with Crippen LogP contribution in [-0.4, -0.2) is 11.4 Å². The zero-order chi connectivity index (χ0) is 17.3. The van der Waals surface area contributed by atoms with E-state index in [1.807, 2.05) is 0 Å². The third-order valence-electron chi connectivity index (χ3n) is 4.38. The molecule has 0 aliphatic rings. The van der Waals surface area contributed by atoms with Gasteiger partial charge in [0.1, 0.15) is 0 Å². The van der Waals surface area contributed by atoms with Gasteiger partial charge in [0, 0.05) is 19.6 Å². The molecule has 126 valence electrons. The van der Waals surface area contributed by atoms with Gasteiger partial charge in [0.25, 0.3) is 0 Å². The Bertz CT molecular complexity index is 735. The second-order valence-electron chi connectivity index (χ2n) is 6.39. The molecular weight excluding hydrogens is 302 g/mol. The molecule has 1 nitrogen and oxygen atoms in total. The molecule has 0 radical (unpaired) electrons. The van der Waals surface area contributed by atoms with Crippen LogP contribution in [0.3, 0.4) is 0 Å². The van der Waals surface area contributed by atoms with E-state index in [-0.39, 0.29) is 0 Å². The highest BCUT2D eigenvalue weighted by atomic mass is 15.1. The zero-order valence-electron chi connectivity index (χ0n) is 14.8. The molecular formula is C24H25N. The molecule has 0 fully saturated rings. The van der Waals surface area contributed by atoms with Gasteiger partial charge in [-0.2, -0.15) is 0 Å². The molecule has 0 aromatic heterocycles. The highest BCUT2D eigenvalue weighted by Gasteiger charge is 2.06. The number of rotatable bonds is 7. The van der Waals surface area contributed by atoms with Crippen molar-refractivity contribution in [2.24, 2.45) is 0 Å². The van der Waals surface area contributed by atoms with Crippen molar-refractivity contribution in [1.82, 2.24) is 4.90 Å². The molecule has 3 rings (SSSR count). The summed E-state index contributed by atoms with van der Waals surface area (Å²) in [4.78, 5) is 2.48. The fraction of sp³-hybridized carbons (Fsp3) is 0.167. The van der Waals surface area contributed by atoms with E-state index in [0.29, 0.717) is 0 Å². The van der Waals surface area contributed by atoms with Crippen LogP contribution in [0.1, 0.15) is 23.6 Å². The SMILES string of the molecule is C/C(=C/CN(Cc1ccccc1)Cc1ccccc1)c1ccccc1. The third-order valence-corrected chi connectivity index (χ3v) is 4.38. The van der Waals surface area contributed by atoms with Gasteiger partial charge < -0.3 is 0 Å². The molecule has 0 aliphatic heterocycles. The highest BCUT2D eigenvalue weighted by molar-refractivity contribution is 5.63. The Kier molecular flexibility index (Phi) is 6.19. The maximum Gasteiger partial charge on any atom is 0.0240 e. The van der Waals surface area contributed by atoms with Crippen molar-refractivity contribution >= 4 is 5.57 Å². The second kappa shape index (κ2) is 9.00. The minimum absolute atomic E-state index is 0.935. The summed E-state index contributed by atoms with van der Waals surface area (Å²) in [6.45, 7) is 5.03. The standard InChI is InChI=1S/C24H25N/c1-21(24-15-9-4-10-16-24)17-18-25(19-22-11-5-2-6-12-22)20-23-13-7-3-8-14-23/h2-17H,18-20H2,1H3/b21-17-. The predicted molar refractivity (Wildman–Crippen MR) is 107 cm³/mol. The average molecular weight is 327 g/mol. The molecule has 3 aromatic carbocycles. The maximum absolute atomic E-state index is 2.48. The maximum atomic E-state index is 2.48. The van der Waals surface area contributed by atoms with E-state index in [2.05, 4.69) is 109 Å². The third kappa shape index (κ3) is 5.44. The van der Waals surface area contributed by atoms with Gasteiger partial charge in [-0.25, -0.2) is 0 Å². The van der Waals surface area contributed by atoms with Gasteiger partial charge in [-0.05, 0) is 29.2 Å². The van der Waals surface area contributed by atoms with Crippen LogP contribution in [0.4, 0.5) is 0 Å². The van der Waals surface area contributed by atoms with E-state index in [4.69, 9.17) is 0 Å². The second-order valence-corrected chi connectivity index (χ2v) is 6.39. The molecule has 0 atom stereocenters. The zero-order valence-corrected chi connectivity index (χ0v) is 14.8. The Morgan fingerprint density at radius 3 is 1.60 bits per heavy atom. The van der Waals surface area contributed by atoms with Crippen LogP contribution >= 0.6 is 0 Å². The van der Waals surface area contributed by atoms with Crippen molar-refractivity contribution in [2.75, 3.05) is 6.54 Å². The van der Waals surface area contributed by atoms with E-state index in [0.717, 1.165) is 19.6 Å². The quantitative estimate of drug-likeness (QED) is 0.530. The lowest BCUT2D eigenvalue weighted by Crippen LogP contribution is -2.23. The molecule has 1 heteroatoms. The first-order chi connectivity index (χ1) is 12.3. The van der Waals surface area contributed by atoms with Crippen LogP contribution in [-0.2, 0) is 13.1 Å². The monoisotopic (exact) mass is 327 g/mol. The Hall–Kier alpha value is -2.64. The van der Waals surface area contributed by atoms with Crippen molar-refractivity contribution in [3.05, 3.63) is 114 Å². The van der Waals surface area contributed by atoms with Crippen LogP contribution in [0.25, 0.3) is 5.57 Å². The molecule has 0 saturated heterocycles. The minimum Gasteiger partial charge on any atom is -0.291 e. The van der Waals surface area contributed by atoms with Crippen LogP contribution < -0.4 is 0 Å². The first-order valence-electron chi connectivity index (χ1n) is 8.83. The van der Waals surface area contributed by atoms with E-state index in [9.17, 15) is 0 Å². The Balaban J connectivity index is 1.73. The molecule has 0 saturated carbocycles. The molecule has 0 aliphatic carbocycles. The summed E-state index contributed by atoms with van der Waals surface area (Å²) in [7, 11) is 0. The first-order valence-corrected chi connectivity index (χ1v) is 8.83. The van der Waals surface area contributed by atoms with Crippen LogP contribution in [0.15, 0.2) is 97.1 Å². The molecule has 25 heavy (non-hydrogen) atoms. The van der Waals surface area contributed by atoms with Crippen molar-refractivity contribution < 1.29 is 0 Å². The van der Waals surface area contributed by atoms with Gasteiger partial charge in [-0.3, -0.25) is 4.90 Å². The van der Waals surface area contributed by atoms with Crippen molar-refractivity contribution in [1.29, 1.82) is 0 Å². The molecule has 0 spiro atoms. The summed E-state index contributed by atoms with van der Waals surface area (Å²) in [5.74, 6) is 0. The fourth-order valence-corrected chi connectivity index (χ4v) is 2.95. The topological polar surface area (TPSA) is 3.24 Å². The molecule has 0 bridgehead atoms. The largest absolute Gasteiger partial charge is 0.291 e. The summed E-state index contributed by atoms with van der Waals surface area (Å²) in [6.07, 6.45) is 2.33. The normalized spacial score (nSPS) is 11.7. The van der Waals surface area contributed by atoms with Crippen molar-refractivity contribution in [3.63, 3.8) is 0 Å². The Labute approximate surface area is 151 Å². The lowest BCUT2D eigenvalue weighted by molar-refractivity contribution is 0.286. The number of allylic oxidation sites excluding steroid dienone is 1. The summed E-state index contributed by atoms with van der Waals surface area (Å²) in [5, 5.41) is 0. The van der Waals surface area contributed by atoms with Gasteiger partial charge in [-0.1, -0.05) is 97.1 Å². The number of benzene rings is 3. The average Bonchev–Trinajstić information content (AvgIpc) is 2.68. The lowest BCUT2D eigenvalue weighted by atomic mass is 10.1. The predicted octanol–water partition coefficient (Wildman–Crippen LogP) is 5.79. The lowest BCUT2D eigenvalue weighted by Gasteiger charge is -2.21. The Morgan fingerprint density at radius 2 is 1.12 bits per heavy atom. The number of nitrogens with zero attached hydrogens (tertiary/aromatic N) is 1. The smallest absolute Gasteiger partial charge is 0.0240 e. The van der Waals surface area contributed by atoms with E-state index < -0.39 is 0 Å². The summed E-state index contributed by atoms with van der Waals surface area (Å²) < 4.78 is 0. The van der Waals surface area contributed by atoms with Crippen LogP contribution in [0.5, 0.6) is 0 Å². The molecule has 0 unspecified atom stereocenters. The highest BCUT2D eigenvalue weighted by Crippen LogP contribution is 2.15. The van der Waals surface area contributed by atoms with Crippen molar-refractivity contribution in [2.45, 2.75) is 20.0 Å². The van der Waals surface area contributed by atoms with Gasteiger partial charge in [0.15, 0.2) is 0 Å². The van der Waals surface area contributed by atoms with Crippen LogP contribution in [0, 0.1) is 0 Å². The molecule has 3 aromatic rings. The van der Waals surface area contributed by atoms with E-state index >= 15 is 0 Å². The molecule has 0 heterocycles. The summed E-state index contributed by atoms with van der Waals surface area (Å²) >= 11 is 0. The number of hydrogen-bond acceptors (Lipinski definition) is 1. The van der Waals surface area contributed by atoms with Crippen molar-refractivity contribution in [3.8, 4) is 0 Å². The van der Waals surface area contributed by atoms with Gasteiger partial charge in [0.2, 0.25) is 0 Å². The minimum atomic E-state index is 0.935.